The topological polar surface area (TPSA) is 62.8 Å². The quantitative estimate of drug-likeness (QED) is 0.715. The smallest absolute Gasteiger partial charge is 0.0347 e. The summed E-state index contributed by atoms with van der Waals surface area (Å²) in [6.07, 6.45) is 4.71. The highest BCUT2D eigenvalue weighted by Gasteiger charge is 2.06. The van der Waals surface area contributed by atoms with E-state index in [2.05, 4.69) is 4.98 Å². The molecular formula is C11H15N3. The third-order valence-corrected chi connectivity index (χ3v) is 2.05. The van der Waals surface area contributed by atoms with E-state index >= 15 is 0 Å². The zero-order valence-electron chi connectivity index (χ0n) is 8.49. The van der Waals surface area contributed by atoms with Crippen molar-refractivity contribution in [2.75, 3.05) is 0 Å². The van der Waals surface area contributed by atoms with Crippen LogP contribution in [-0.2, 0) is 0 Å². The van der Waals surface area contributed by atoms with Crippen molar-refractivity contribution in [3.05, 3.63) is 35.8 Å². The van der Waals surface area contributed by atoms with Gasteiger partial charge in [-0.2, -0.15) is 0 Å². The molecule has 1 rings (SSSR count). The fourth-order valence-corrected chi connectivity index (χ4v) is 1.17. The molecule has 74 valence electrons. The van der Waals surface area contributed by atoms with Gasteiger partial charge in [0.05, 0.1) is 0 Å². The zero-order valence-corrected chi connectivity index (χ0v) is 8.49. The Balaban J connectivity index is 3.17. The van der Waals surface area contributed by atoms with E-state index in [1.165, 1.54) is 6.21 Å². The van der Waals surface area contributed by atoms with E-state index in [9.17, 15) is 0 Å². The van der Waals surface area contributed by atoms with Gasteiger partial charge in [-0.15, -0.1) is 0 Å². The summed E-state index contributed by atoms with van der Waals surface area (Å²) >= 11 is 0. The summed E-state index contributed by atoms with van der Waals surface area (Å²) in [5.74, 6) is 0.242. The molecule has 0 saturated heterocycles. The first-order valence-electron chi connectivity index (χ1n) is 4.57. The molecule has 0 radical (unpaired) electrons. The molecule has 3 nitrogen and oxygen atoms in total. The first-order valence-corrected chi connectivity index (χ1v) is 4.57. The molecule has 0 aliphatic carbocycles. The molecule has 0 spiro atoms. The summed E-state index contributed by atoms with van der Waals surface area (Å²) < 4.78 is 0. The summed E-state index contributed by atoms with van der Waals surface area (Å²) in [6.45, 7) is 4.02. The largest absolute Gasteiger partial charge is 0.401 e. The number of rotatable bonds is 3. The number of pyridine rings is 1. The van der Waals surface area contributed by atoms with Gasteiger partial charge in [0, 0.05) is 35.4 Å². The first kappa shape index (κ1) is 10.4. The van der Waals surface area contributed by atoms with Crippen molar-refractivity contribution in [1.82, 2.24) is 4.98 Å². The van der Waals surface area contributed by atoms with E-state index in [1.54, 1.807) is 12.4 Å². The lowest BCUT2D eigenvalue weighted by Gasteiger charge is -2.10. The van der Waals surface area contributed by atoms with Crippen molar-refractivity contribution in [2.45, 2.75) is 13.8 Å². The van der Waals surface area contributed by atoms with E-state index in [4.69, 9.17) is 11.1 Å². The van der Waals surface area contributed by atoms with Crippen molar-refractivity contribution in [3.63, 3.8) is 0 Å². The van der Waals surface area contributed by atoms with Crippen LogP contribution in [0.2, 0.25) is 0 Å². The minimum Gasteiger partial charge on any atom is -0.401 e. The molecule has 0 aromatic carbocycles. The van der Waals surface area contributed by atoms with Crippen LogP contribution < -0.4 is 5.73 Å². The van der Waals surface area contributed by atoms with Gasteiger partial charge in [0.25, 0.3) is 0 Å². The van der Waals surface area contributed by atoms with Gasteiger partial charge in [-0.1, -0.05) is 19.9 Å². The van der Waals surface area contributed by atoms with Gasteiger partial charge in [0.15, 0.2) is 0 Å². The van der Waals surface area contributed by atoms with Gasteiger partial charge in [-0.25, -0.2) is 0 Å². The molecular weight excluding hydrogens is 174 g/mol. The molecule has 0 bridgehead atoms. The van der Waals surface area contributed by atoms with Crippen LogP contribution >= 0.6 is 0 Å². The summed E-state index contributed by atoms with van der Waals surface area (Å²) in [4.78, 5) is 4.00. The van der Waals surface area contributed by atoms with E-state index in [-0.39, 0.29) is 5.92 Å². The number of aromatic nitrogens is 1. The highest BCUT2D eigenvalue weighted by molar-refractivity contribution is 6.09. The lowest BCUT2D eigenvalue weighted by Crippen LogP contribution is -2.09. The fraction of sp³-hybridized carbons (Fsp3) is 0.273. The molecule has 0 unspecified atom stereocenters. The number of hydrogen-bond donors (Lipinski definition) is 2. The fourth-order valence-electron chi connectivity index (χ4n) is 1.17. The molecule has 3 N–H and O–H groups in total. The maximum atomic E-state index is 7.33. The van der Waals surface area contributed by atoms with E-state index in [0.29, 0.717) is 0 Å². The lowest BCUT2D eigenvalue weighted by molar-refractivity contribution is 0.762. The Morgan fingerprint density at radius 1 is 1.57 bits per heavy atom. The maximum Gasteiger partial charge on any atom is 0.0347 e. The number of nitrogens with zero attached hydrogens (tertiary/aromatic N) is 1. The average molecular weight is 189 g/mol. The highest BCUT2D eigenvalue weighted by atomic mass is 14.6. The number of hydrogen-bond acceptors (Lipinski definition) is 3. The van der Waals surface area contributed by atoms with Crippen LogP contribution in [0.15, 0.2) is 30.2 Å². The molecule has 0 amide bonds. The van der Waals surface area contributed by atoms with Crippen LogP contribution in [0.3, 0.4) is 0 Å². The van der Waals surface area contributed by atoms with Crippen LogP contribution in [0.1, 0.15) is 19.4 Å². The Morgan fingerprint density at radius 3 is 2.71 bits per heavy atom. The molecule has 0 fully saturated rings. The summed E-state index contributed by atoms with van der Waals surface area (Å²) in [6, 6.07) is 3.75. The van der Waals surface area contributed by atoms with Crippen molar-refractivity contribution >= 4 is 11.8 Å². The second-order valence-electron chi connectivity index (χ2n) is 3.41. The monoisotopic (exact) mass is 189 g/mol. The van der Waals surface area contributed by atoms with Crippen molar-refractivity contribution in [1.29, 1.82) is 5.41 Å². The van der Waals surface area contributed by atoms with Gasteiger partial charge >= 0.3 is 0 Å². The zero-order chi connectivity index (χ0) is 10.6. The third-order valence-electron chi connectivity index (χ3n) is 2.05. The Hall–Kier alpha value is -1.64. The van der Waals surface area contributed by atoms with Crippen molar-refractivity contribution < 1.29 is 0 Å². The van der Waals surface area contributed by atoms with E-state index < -0.39 is 0 Å². The Kier molecular flexibility index (Phi) is 3.40. The minimum absolute atomic E-state index is 0.242. The van der Waals surface area contributed by atoms with Gasteiger partial charge in [-0.05, 0) is 12.0 Å². The predicted octanol–water partition coefficient (Wildman–Crippen LogP) is 2.06. The molecule has 0 aliphatic rings. The second-order valence-corrected chi connectivity index (χ2v) is 3.41. The van der Waals surface area contributed by atoms with Crippen LogP contribution in [0.4, 0.5) is 0 Å². The van der Waals surface area contributed by atoms with E-state index in [1.807, 2.05) is 26.0 Å². The van der Waals surface area contributed by atoms with Gasteiger partial charge in [0.2, 0.25) is 0 Å². The number of allylic oxidation sites excluding steroid dienone is 2. The molecule has 0 atom stereocenters. The molecule has 0 aliphatic heterocycles. The summed E-state index contributed by atoms with van der Waals surface area (Å²) in [5, 5.41) is 7.33. The summed E-state index contributed by atoms with van der Waals surface area (Å²) in [7, 11) is 0. The van der Waals surface area contributed by atoms with Crippen LogP contribution in [0.25, 0.3) is 5.57 Å². The van der Waals surface area contributed by atoms with Gasteiger partial charge in [0.1, 0.15) is 0 Å². The standard InChI is InChI=1S/C11H15N3/c1-8(2)11(13)10(6-12)9-4-3-5-14-7-9/h3-8,12H,13H2,1-2H3. The van der Waals surface area contributed by atoms with Crippen LogP contribution in [0, 0.1) is 11.3 Å². The molecule has 1 heterocycles. The first-order chi connectivity index (χ1) is 6.66. The minimum atomic E-state index is 0.242. The maximum absolute atomic E-state index is 7.33. The number of nitrogens with two attached hydrogens (primary N) is 1. The average Bonchev–Trinajstić information content (AvgIpc) is 2.20. The van der Waals surface area contributed by atoms with E-state index in [0.717, 1.165) is 16.8 Å². The van der Waals surface area contributed by atoms with Crippen molar-refractivity contribution in [3.8, 4) is 0 Å². The van der Waals surface area contributed by atoms with Crippen molar-refractivity contribution in [2.24, 2.45) is 11.7 Å². The predicted molar refractivity (Wildman–Crippen MR) is 59.0 cm³/mol. The van der Waals surface area contributed by atoms with Gasteiger partial charge < -0.3 is 11.1 Å². The Labute approximate surface area is 84.2 Å². The number of nitrogens with one attached hydrogen (secondary N) is 1. The molecule has 3 heteroatoms. The molecule has 1 aromatic heterocycles. The third kappa shape index (κ3) is 2.19. The molecule has 0 saturated carbocycles. The Bertz CT molecular complexity index is 339. The van der Waals surface area contributed by atoms with Crippen LogP contribution in [-0.4, -0.2) is 11.2 Å². The second kappa shape index (κ2) is 4.56. The highest BCUT2D eigenvalue weighted by Crippen LogP contribution is 2.17. The van der Waals surface area contributed by atoms with Gasteiger partial charge in [-0.3, -0.25) is 4.98 Å². The summed E-state index contributed by atoms with van der Waals surface area (Å²) in [5.41, 5.74) is 8.29. The molecule has 14 heavy (non-hydrogen) atoms. The Morgan fingerprint density at radius 2 is 2.29 bits per heavy atom. The lowest BCUT2D eigenvalue weighted by atomic mass is 10.0. The van der Waals surface area contributed by atoms with Crippen LogP contribution in [0.5, 0.6) is 0 Å². The SMILES string of the molecule is CC(C)C(N)=C(C=N)c1cccnc1. The molecule has 1 aromatic rings. The normalized spacial score (nSPS) is 12.5.